The number of nitrogens with zero attached hydrogens (tertiary/aromatic N) is 1. The largest absolute Gasteiger partial charge is 0.490 e. The molecule has 1 aliphatic heterocycles. The number of nitrogens with two attached hydrogens (primary N) is 1. The lowest BCUT2D eigenvalue weighted by Crippen LogP contribution is -2.21. The van der Waals surface area contributed by atoms with Gasteiger partial charge in [-0.2, -0.15) is 5.26 Å². The minimum absolute atomic E-state index is 0.00115. The number of hydrogen-bond acceptors (Lipinski definition) is 7. The second-order valence-electron chi connectivity index (χ2n) is 9.38. The van der Waals surface area contributed by atoms with Gasteiger partial charge in [-0.3, -0.25) is 0 Å². The van der Waals surface area contributed by atoms with Gasteiger partial charge in [0.15, 0.2) is 11.5 Å². The molecule has 2 N–H and O–H groups in total. The molecule has 202 valence electrons. The third kappa shape index (κ3) is 5.29. The molecule has 1 heterocycles. The van der Waals surface area contributed by atoms with Crippen molar-refractivity contribution in [2.45, 2.75) is 32.6 Å². The normalized spacial score (nSPS) is 14.2. The van der Waals surface area contributed by atoms with Crippen molar-refractivity contribution in [3.63, 3.8) is 0 Å². The highest BCUT2D eigenvalue weighted by molar-refractivity contribution is 6.05. The molecule has 1 atom stereocenters. The van der Waals surface area contributed by atoms with E-state index >= 15 is 0 Å². The summed E-state index contributed by atoms with van der Waals surface area (Å²) in [7, 11) is 0. The number of benzene rings is 4. The number of esters is 1. The number of rotatable bonds is 9. The van der Waals surface area contributed by atoms with Crippen molar-refractivity contribution in [3.05, 3.63) is 107 Å². The van der Waals surface area contributed by atoms with Crippen LogP contribution in [-0.4, -0.2) is 19.2 Å². The second kappa shape index (κ2) is 11.8. The molecular formula is C33H30N2O5. The van der Waals surface area contributed by atoms with E-state index in [4.69, 9.17) is 24.7 Å². The molecule has 0 bridgehead atoms. The van der Waals surface area contributed by atoms with Crippen molar-refractivity contribution < 1.29 is 23.7 Å². The fourth-order valence-electron chi connectivity index (χ4n) is 4.83. The molecular weight excluding hydrogens is 504 g/mol. The van der Waals surface area contributed by atoms with Crippen molar-refractivity contribution in [2.24, 2.45) is 5.73 Å². The van der Waals surface area contributed by atoms with Gasteiger partial charge in [-0.05, 0) is 53.9 Å². The van der Waals surface area contributed by atoms with E-state index in [1.54, 1.807) is 24.3 Å². The Bertz CT molecular complexity index is 1630. The van der Waals surface area contributed by atoms with Crippen LogP contribution in [0.4, 0.5) is 0 Å². The van der Waals surface area contributed by atoms with E-state index in [9.17, 15) is 10.1 Å². The Morgan fingerprint density at radius 3 is 2.60 bits per heavy atom. The van der Waals surface area contributed by atoms with Gasteiger partial charge in [-0.15, -0.1) is 0 Å². The van der Waals surface area contributed by atoms with Gasteiger partial charge < -0.3 is 24.7 Å². The smallest absolute Gasteiger partial charge is 0.344 e. The van der Waals surface area contributed by atoms with Crippen LogP contribution >= 0.6 is 0 Å². The summed E-state index contributed by atoms with van der Waals surface area (Å²) in [5, 5.41) is 11.7. The Hall–Kier alpha value is -4.96. The lowest BCUT2D eigenvalue weighted by molar-refractivity contribution is 0.0736. The molecule has 4 aromatic rings. The average molecular weight is 535 g/mol. The summed E-state index contributed by atoms with van der Waals surface area (Å²) >= 11 is 0. The Kier molecular flexibility index (Phi) is 7.88. The highest BCUT2D eigenvalue weighted by atomic mass is 16.5. The van der Waals surface area contributed by atoms with E-state index in [0.29, 0.717) is 41.8 Å². The number of carbonyl (C=O) groups excluding carboxylic acids is 1. The molecule has 0 amide bonds. The molecule has 0 aromatic heterocycles. The van der Waals surface area contributed by atoms with Crippen LogP contribution in [0.2, 0.25) is 0 Å². The molecule has 0 radical (unpaired) electrons. The zero-order valence-electron chi connectivity index (χ0n) is 22.5. The number of fused-ring (bicyclic) bond motifs is 2. The van der Waals surface area contributed by atoms with E-state index in [2.05, 4.69) is 13.0 Å². The van der Waals surface area contributed by atoms with E-state index in [1.807, 2.05) is 61.5 Å². The molecule has 0 aliphatic carbocycles. The molecule has 40 heavy (non-hydrogen) atoms. The van der Waals surface area contributed by atoms with Gasteiger partial charge in [0.05, 0.1) is 24.7 Å². The monoisotopic (exact) mass is 534 g/mol. The van der Waals surface area contributed by atoms with Gasteiger partial charge >= 0.3 is 5.97 Å². The molecule has 0 spiro atoms. The topological polar surface area (TPSA) is 104 Å². The van der Waals surface area contributed by atoms with Gasteiger partial charge in [0.1, 0.15) is 23.1 Å². The molecule has 4 aromatic carbocycles. The van der Waals surface area contributed by atoms with E-state index in [0.717, 1.165) is 34.7 Å². The third-order valence-electron chi connectivity index (χ3n) is 6.77. The number of carbonyl (C=O) groups is 1. The number of nitriles is 1. The zero-order chi connectivity index (χ0) is 28.1. The molecule has 5 rings (SSSR count). The maximum atomic E-state index is 13.1. The lowest BCUT2D eigenvalue weighted by Gasteiger charge is -2.27. The minimum Gasteiger partial charge on any atom is -0.490 e. The molecule has 1 aliphatic rings. The highest BCUT2D eigenvalue weighted by Crippen LogP contribution is 2.45. The van der Waals surface area contributed by atoms with E-state index in [-0.39, 0.29) is 11.5 Å². The van der Waals surface area contributed by atoms with Crippen LogP contribution in [0, 0.1) is 11.3 Å². The van der Waals surface area contributed by atoms with Crippen molar-refractivity contribution in [1.29, 1.82) is 5.26 Å². The average Bonchev–Trinajstić information content (AvgIpc) is 2.97. The van der Waals surface area contributed by atoms with Gasteiger partial charge in [0.2, 0.25) is 5.88 Å². The van der Waals surface area contributed by atoms with Crippen LogP contribution in [0.3, 0.4) is 0 Å². The van der Waals surface area contributed by atoms with Gasteiger partial charge in [-0.25, -0.2) is 4.79 Å². The van der Waals surface area contributed by atoms with Crippen LogP contribution in [-0.2, 0) is 0 Å². The highest BCUT2D eigenvalue weighted by Gasteiger charge is 2.32. The Balaban J connectivity index is 1.48. The Labute approximate surface area is 233 Å². The van der Waals surface area contributed by atoms with Crippen molar-refractivity contribution in [2.75, 3.05) is 13.2 Å². The van der Waals surface area contributed by atoms with Crippen molar-refractivity contribution in [3.8, 4) is 29.1 Å². The first-order chi connectivity index (χ1) is 19.5. The summed E-state index contributed by atoms with van der Waals surface area (Å²) in [5.41, 5.74) is 8.49. The summed E-state index contributed by atoms with van der Waals surface area (Å²) in [6.07, 6.45) is 1.96. The maximum absolute atomic E-state index is 13.1. The molecule has 0 saturated carbocycles. The van der Waals surface area contributed by atoms with E-state index < -0.39 is 11.9 Å². The minimum atomic E-state index is -0.500. The first-order valence-corrected chi connectivity index (χ1v) is 13.3. The quantitative estimate of drug-likeness (QED) is 0.142. The second-order valence-corrected chi connectivity index (χ2v) is 9.38. The molecule has 0 saturated heterocycles. The Morgan fingerprint density at radius 1 is 0.975 bits per heavy atom. The van der Waals surface area contributed by atoms with Gasteiger partial charge in [-0.1, -0.05) is 61.9 Å². The zero-order valence-corrected chi connectivity index (χ0v) is 22.5. The fourth-order valence-corrected chi connectivity index (χ4v) is 4.83. The lowest BCUT2D eigenvalue weighted by atomic mass is 9.83. The van der Waals surface area contributed by atoms with Crippen LogP contribution in [0.5, 0.6) is 23.0 Å². The third-order valence-corrected chi connectivity index (χ3v) is 6.77. The SMILES string of the molecule is CCCCOc1ccc(C2C(C#N)=C(N)Oc3cc(OC(=O)c4cccc5ccccc45)ccc32)cc1OCC. The maximum Gasteiger partial charge on any atom is 0.344 e. The van der Waals surface area contributed by atoms with Gasteiger partial charge in [0, 0.05) is 11.6 Å². The summed E-state index contributed by atoms with van der Waals surface area (Å²) in [5.74, 6) is 0.979. The van der Waals surface area contributed by atoms with Crippen LogP contribution in [0.25, 0.3) is 10.8 Å². The van der Waals surface area contributed by atoms with Gasteiger partial charge in [0.25, 0.3) is 0 Å². The van der Waals surface area contributed by atoms with Crippen molar-refractivity contribution in [1.82, 2.24) is 0 Å². The summed E-state index contributed by atoms with van der Waals surface area (Å²) < 4.78 is 23.4. The van der Waals surface area contributed by atoms with E-state index in [1.165, 1.54) is 0 Å². The molecule has 7 nitrogen and oxygen atoms in total. The predicted octanol–water partition coefficient (Wildman–Crippen LogP) is 6.85. The summed E-state index contributed by atoms with van der Waals surface area (Å²) in [4.78, 5) is 13.1. The van der Waals surface area contributed by atoms with Crippen LogP contribution in [0.1, 0.15) is 54.1 Å². The first-order valence-electron chi connectivity index (χ1n) is 13.3. The number of unbranched alkanes of at least 4 members (excludes halogenated alkanes) is 1. The van der Waals surface area contributed by atoms with Crippen LogP contribution < -0.4 is 24.7 Å². The molecule has 1 unspecified atom stereocenters. The standard InChI is InChI=1S/C33H30N2O5/c1-3-5-17-38-28-16-13-22(18-30(28)37-4-2)31-26-15-14-23(19-29(26)40-32(35)27(31)20-34)39-33(36)25-12-8-10-21-9-6-7-11-24(21)25/h6-16,18-19,31H,3-5,17,35H2,1-2H3. The summed E-state index contributed by atoms with van der Waals surface area (Å²) in [6, 6.07) is 26.1. The Morgan fingerprint density at radius 2 is 1.80 bits per heavy atom. The predicted molar refractivity (Wildman–Crippen MR) is 153 cm³/mol. The first kappa shape index (κ1) is 26.6. The number of allylic oxidation sites excluding steroid dienone is 1. The molecule has 0 fully saturated rings. The van der Waals surface area contributed by atoms with Crippen LogP contribution in [0.15, 0.2) is 90.3 Å². The fraction of sp³-hybridized carbons (Fsp3) is 0.212. The molecule has 7 heteroatoms. The number of hydrogen-bond donors (Lipinski definition) is 1. The summed E-state index contributed by atoms with van der Waals surface area (Å²) in [6.45, 7) is 5.07. The number of ether oxygens (including phenoxy) is 4. The van der Waals surface area contributed by atoms with Crippen molar-refractivity contribution >= 4 is 16.7 Å².